The maximum absolute atomic E-state index is 12.6. The highest BCUT2D eigenvalue weighted by Crippen LogP contribution is 2.23. The molecule has 1 aliphatic rings. The Hall–Kier alpha value is -0.970. The fourth-order valence-electron chi connectivity index (χ4n) is 1.41. The minimum absolute atomic E-state index is 0.0194. The number of amides is 1. The summed E-state index contributed by atoms with van der Waals surface area (Å²) in [6.07, 6.45) is 1.59. The van der Waals surface area contributed by atoms with E-state index in [1.165, 1.54) is 12.1 Å². The first kappa shape index (κ1) is 9.58. The summed E-state index contributed by atoms with van der Waals surface area (Å²) in [5.74, 6) is 0.139. The molecule has 1 unspecified atom stereocenters. The van der Waals surface area contributed by atoms with Gasteiger partial charge in [0, 0.05) is 17.8 Å². The van der Waals surface area contributed by atoms with Crippen molar-refractivity contribution >= 4 is 27.7 Å². The largest absolute Gasteiger partial charge is 0.296 e. The van der Waals surface area contributed by atoms with Gasteiger partial charge in [0.1, 0.15) is 11.6 Å². The number of carbonyl (C=O) groups is 1. The first-order valence-electron chi connectivity index (χ1n) is 4.23. The molecule has 3 nitrogen and oxygen atoms in total. The molecule has 2 heterocycles. The SMILES string of the molecule is O=C1CC(Br)CN1c1ccc(F)cn1. The fourth-order valence-corrected chi connectivity index (χ4v) is 1.98. The Morgan fingerprint density at radius 2 is 2.36 bits per heavy atom. The molecule has 14 heavy (non-hydrogen) atoms. The van der Waals surface area contributed by atoms with Crippen LogP contribution in [0.5, 0.6) is 0 Å². The zero-order valence-corrected chi connectivity index (χ0v) is 8.87. The van der Waals surface area contributed by atoms with E-state index in [4.69, 9.17) is 0 Å². The van der Waals surface area contributed by atoms with Gasteiger partial charge in [-0.25, -0.2) is 9.37 Å². The number of nitrogens with zero attached hydrogens (tertiary/aromatic N) is 2. The van der Waals surface area contributed by atoms with Crippen LogP contribution in [0.4, 0.5) is 10.2 Å². The number of aromatic nitrogens is 1. The van der Waals surface area contributed by atoms with Crippen LogP contribution < -0.4 is 4.90 Å². The van der Waals surface area contributed by atoms with Gasteiger partial charge in [-0.2, -0.15) is 0 Å². The molecule has 0 spiro atoms. The molecule has 2 rings (SSSR count). The van der Waals surface area contributed by atoms with Gasteiger partial charge in [0.25, 0.3) is 0 Å². The van der Waals surface area contributed by atoms with Gasteiger partial charge in [-0.15, -0.1) is 0 Å². The predicted molar refractivity (Wildman–Crippen MR) is 53.9 cm³/mol. The molecule has 0 aromatic carbocycles. The predicted octanol–water partition coefficient (Wildman–Crippen LogP) is 1.72. The number of halogens is 2. The van der Waals surface area contributed by atoms with Crippen LogP contribution in [0.1, 0.15) is 6.42 Å². The summed E-state index contributed by atoms with van der Waals surface area (Å²) < 4.78 is 12.6. The molecule has 1 aromatic rings. The lowest BCUT2D eigenvalue weighted by Gasteiger charge is -2.13. The lowest BCUT2D eigenvalue weighted by molar-refractivity contribution is -0.117. The molecular formula is C9H8BrFN2O. The van der Waals surface area contributed by atoms with Gasteiger partial charge >= 0.3 is 0 Å². The minimum atomic E-state index is -0.393. The van der Waals surface area contributed by atoms with Crippen LogP contribution in [-0.2, 0) is 4.79 Å². The molecule has 0 N–H and O–H groups in total. The van der Waals surface area contributed by atoms with Crippen molar-refractivity contribution in [2.45, 2.75) is 11.2 Å². The summed E-state index contributed by atoms with van der Waals surface area (Å²) >= 11 is 3.37. The molecule has 1 fully saturated rings. The first-order valence-corrected chi connectivity index (χ1v) is 5.14. The van der Waals surface area contributed by atoms with Gasteiger partial charge in [0.05, 0.1) is 6.20 Å². The third-order valence-electron chi connectivity index (χ3n) is 2.07. The van der Waals surface area contributed by atoms with E-state index < -0.39 is 5.82 Å². The molecule has 0 aliphatic carbocycles. The molecule has 1 atom stereocenters. The molecule has 0 saturated carbocycles. The minimum Gasteiger partial charge on any atom is -0.296 e. The van der Waals surface area contributed by atoms with Crippen molar-refractivity contribution in [1.82, 2.24) is 4.98 Å². The number of hydrogen-bond acceptors (Lipinski definition) is 2. The average molecular weight is 259 g/mol. The van der Waals surface area contributed by atoms with Crippen molar-refractivity contribution in [3.63, 3.8) is 0 Å². The third-order valence-corrected chi connectivity index (χ3v) is 2.68. The Morgan fingerprint density at radius 3 is 2.86 bits per heavy atom. The molecule has 1 aliphatic heterocycles. The highest BCUT2D eigenvalue weighted by atomic mass is 79.9. The topological polar surface area (TPSA) is 33.2 Å². The van der Waals surface area contributed by atoms with E-state index in [0.29, 0.717) is 18.8 Å². The number of carbonyl (C=O) groups excluding carboxylic acids is 1. The van der Waals surface area contributed by atoms with E-state index in [-0.39, 0.29) is 10.7 Å². The molecule has 1 aromatic heterocycles. The van der Waals surface area contributed by atoms with E-state index in [1.807, 2.05) is 0 Å². The summed E-state index contributed by atoms with van der Waals surface area (Å²) in [6, 6.07) is 2.81. The van der Waals surface area contributed by atoms with E-state index >= 15 is 0 Å². The quantitative estimate of drug-likeness (QED) is 0.719. The van der Waals surface area contributed by atoms with E-state index in [0.717, 1.165) is 6.20 Å². The van der Waals surface area contributed by atoms with Crippen molar-refractivity contribution in [3.8, 4) is 0 Å². The van der Waals surface area contributed by atoms with E-state index in [1.54, 1.807) is 4.90 Å². The van der Waals surface area contributed by atoms with Crippen molar-refractivity contribution in [1.29, 1.82) is 0 Å². The van der Waals surface area contributed by atoms with Crippen molar-refractivity contribution < 1.29 is 9.18 Å². The Morgan fingerprint density at radius 1 is 1.57 bits per heavy atom. The van der Waals surface area contributed by atoms with Gasteiger partial charge in [-0.1, -0.05) is 15.9 Å². The highest BCUT2D eigenvalue weighted by molar-refractivity contribution is 9.09. The Kier molecular flexibility index (Phi) is 2.50. The van der Waals surface area contributed by atoms with Crippen molar-refractivity contribution in [3.05, 3.63) is 24.1 Å². The van der Waals surface area contributed by atoms with Crippen LogP contribution in [0.15, 0.2) is 18.3 Å². The highest BCUT2D eigenvalue weighted by Gasteiger charge is 2.29. The van der Waals surface area contributed by atoms with Crippen LogP contribution >= 0.6 is 15.9 Å². The van der Waals surface area contributed by atoms with Gasteiger partial charge in [-0.05, 0) is 12.1 Å². The third kappa shape index (κ3) is 1.77. The van der Waals surface area contributed by atoms with Gasteiger partial charge in [0.15, 0.2) is 0 Å². The second kappa shape index (κ2) is 3.65. The van der Waals surface area contributed by atoms with Crippen LogP contribution in [0, 0.1) is 5.82 Å². The maximum atomic E-state index is 12.6. The lowest BCUT2D eigenvalue weighted by Crippen LogP contribution is -2.25. The summed E-state index contributed by atoms with van der Waals surface area (Å²) in [4.78, 5) is 17.0. The summed E-state index contributed by atoms with van der Waals surface area (Å²) in [5.41, 5.74) is 0. The molecule has 74 valence electrons. The van der Waals surface area contributed by atoms with Gasteiger partial charge < -0.3 is 0 Å². The summed E-state index contributed by atoms with van der Waals surface area (Å²) in [6.45, 7) is 0.595. The number of hydrogen-bond donors (Lipinski definition) is 0. The standard InChI is InChI=1S/C9H8BrFN2O/c10-6-3-9(14)13(5-6)8-2-1-7(11)4-12-8/h1-2,4,6H,3,5H2. The zero-order chi connectivity index (χ0) is 10.1. The fraction of sp³-hybridized carbons (Fsp3) is 0.333. The monoisotopic (exact) mass is 258 g/mol. The summed E-state index contributed by atoms with van der Waals surface area (Å²) in [5, 5.41) is 0. The van der Waals surface area contributed by atoms with Crippen LogP contribution in [0.3, 0.4) is 0 Å². The van der Waals surface area contributed by atoms with Crippen molar-refractivity contribution in [2.24, 2.45) is 0 Å². The second-order valence-corrected chi connectivity index (χ2v) is 4.44. The number of anilines is 1. The molecule has 1 amide bonds. The number of pyridine rings is 1. The zero-order valence-electron chi connectivity index (χ0n) is 7.28. The Labute approximate surface area is 89.1 Å². The summed E-state index contributed by atoms with van der Waals surface area (Å²) in [7, 11) is 0. The van der Waals surface area contributed by atoms with Crippen molar-refractivity contribution in [2.75, 3.05) is 11.4 Å². The smallest absolute Gasteiger partial charge is 0.229 e. The molecular weight excluding hydrogens is 251 g/mol. The number of rotatable bonds is 1. The lowest BCUT2D eigenvalue weighted by atomic mass is 10.4. The first-order chi connectivity index (χ1) is 6.66. The maximum Gasteiger partial charge on any atom is 0.229 e. The van der Waals surface area contributed by atoms with Crippen LogP contribution in [0.25, 0.3) is 0 Å². The molecule has 5 heteroatoms. The van der Waals surface area contributed by atoms with E-state index in [9.17, 15) is 9.18 Å². The normalized spacial score (nSPS) is 21.7. The van der Waals surface area contributed by atoms with Gasteiger partial charge in [-0.3, -0.25) is 9.69 Å². The van der Waals surface area contributed by atoms with Crippen LogP contribution in [0.2, 0.25) is 0 Å². The Bertz CT molecular complexity index is 354. The number of alkyl halides is 1. The Balaban J connectivity index is 2.23. The average Bonchev–Trinajstić information content (AvgIpc) is 2.47. The van der Waals surface area contributed by atoms with Crippen LogP contribution in [-0.4, -0.2) is 22.3 Å². The molecule has 0 bridgehead atoms. The van der Waals surface area contributed by atoms with E-state index in [2.05, 4.69) is 20.9 Å². The second-order valence-electron chi connectivity index (χ2n) is 3.14. The van der Waals surface area contributed by atoms with Gasteiger partial charge in [0.2, 0.25) is 5.91 Å². The molecule has 0 radical (unpaired) electrons. The molecule has 1 saturated heterocycles.